The summed E-state index contributed by atoms with van der Waals surface area (Å²) in [6.07, 6.45) is 0.0972. The number of hydrogen-bond donors (Lipinski definition) is 0. The predicted octanol–water partition coefficient (Wildman–Crippen LogP) is 2.44. The van der Waals surface area contributed by atoms with Gasteiger partial charge in [-0.2, -0.15) is 9.29 Å². The van der Waals surface area contributed by atoms with Crippen molar-refractivity contribution in [1.82, 2.24) is 14.4 Å². The maximum atomic E-state index is 13.1. The molecule has 0 bridgehead atoms. The molecule has 0 N–H and O–H groups in total. The Bertz CT molecular complexity index is 983. The van der Waals surface area contributed by atoms with Gasteiger partial charge in [0.05, 0.1) is 22.8 Å². The van der Waals surface area contributed by atoms with E-state index in [2.05, 4.69) is 10.1 Å². The van der Waals surface area contributed by atoms with Crippen LogP contribution in [0.3, 0.4) is 0 Å². The van der Waals surface area contributed by atoms with Gasteiger partial charge in [0.15, 0.2) is 12.4 Å². The van der Waals surface area contributed by atoms with Crippen LogP contribution in [0.15, 0.2) is 27.6 Å². The van der Waals surface area contributed by atoms with Gasteiger partial charge in [0.2, 0.25) is 10.0 Å². The Morgan fingerprint density at radius 2 is 2.00 bits per heavy atom. The fourth-order valence-corrected chi connectivity index (χ4v) is 5.09. The van der Waals surface area contributed by atoms with Crippen molar-refractivity contribution in [2.75, 3.05) is 13.1 Å². The number of aryl methyl sites for hydroxylation is 1. The Labute approximate surface area is 174 Å². The lowest BCUT2D eigenvalue weighted by molar-refractivity contribution is -0.0440. The standard InChI is InChI=1S/C18H22ClN3O6S/c1-4-16-20-17(28-21-16)10-26-18(23)13-5-6-14(19)15(7-13)29(24,25)22-8-11(2)27-12(3)9-22/h5-7,11-12H,4,8-10H2,1-3H3. The van der Waals surface area contributed by atoms with Crippen molar-refractivity contribution in [3.63, 3.8) is 0 Å². The highest BCUT2D eigenvalue weighted by molar-refractivity contribution is 7.89. The third-order valence-electron chi connectivity index (χ3n) is 4.32. The Kier molecular flexibility index (Phi) is 6.57. The first-order valence-corrected chi connectivity index (χ1v) is 11.0. The maximum Gasteiger partial charge on any atom is 0.338 e. The second-order valence-corrected chi connectivity index (χ2v) is 9.07. The van der Waals surface area contributed by atoms with Gasteiger partial charge >= 0.3 is 5.97 Å². The van der Waals surface area contributed by atoms with Crippen LogP contribution in [0.2, 0.25) is 5.02 Å². The molecule has 2 aromatic rings. The summed E-state index contributed by atoms with van der Waals surface area (Å²) < 4.78 is 43.2. The second-order valence-electron chi connectivity index (χ2n) is 6.76. The van der Waals surface area contributed by atoms with Gasteiger partial charge in [0.25, 0.3) is 5.89 Å². The number of carbonyl (C=O) groups excluding carboxylic acids is 1. The molecule has 0 amide bonds. The smallest absolute Gasteiger partial charge is 0.338 e. The van der Waals surface area contributed by atoms with Gasteiger partial charge in [0, 0.05) is 19.5 Å². The van der Waals surface area contributed by atoms with Gasteiger partial charge in [-0.3, -0.25) is 0 Å². The van der Waals surface area contributed by atoms with Crippen molar-refractivity contribution >= 4 is 27.6 Å². The molecular weight excluding hydrogens is 422 g/mol. The molecule has 29 heavy (non-hydrogen) atoms. The molecule has 0 aliphatic carbocycles. The zero-order valence-electron chi connectivity index (χ0n) is 16.3. The van der Waals surface area contributed by atoms with E-state index in [1.807, 2.05) is 6.92 Å². The van der Waals surface area contributed by atoms with E-state index >= 15 is 0 Å². The fraction of sp³-hybridized carbons (Fsp3) is 0.500. The summed E-state index contributed by atoms with van der Waals surface area (Å²) in [7, 11) is -3.91. The average Bonchev–Trinajstić information content (AvgIpc) is 3.13. The van der Waals surface area contributed by atoms with Crippen molar-refractivity contribution in [3.05, 3.63) is 40.5 Å². The third kappa shape index (κ3) is 4.95. The van der Waals surface area contributed by atoms with Crippen molar-refractivity contribution in [2.24, 2.45) is 0 Å². The number of nitrogens with zero attached hydrogens (tertiary/aromatic N) is 3. The Balaban J connectivity index is 1.78. The van der Waals surface area contributed by atoms with Crippen molar-refractivity contribution in [2.45, 2.75) is 50.9 Å². The number of morpholine rings is 1. The van der Waals surface area contributed by atoms with Gasteiger partial charge in [-0.15, -0.1) is 0 Å². The Morgan fingerprint density at radius 1 is 1.31 bits per heavy atom. The molecule has 0 radical (unpaired) electrons. The molecule has 1 aromatic heterocycles. The number of sulfonamides is 1. The molecule has 2 atom stereocenters. The predicted molar refractivity (Wildman–Crippen MR) is 103 cm³/mol. The zero-order chi connectivity index (χ0) is 21.2. The first-order valence-electron chi connectivity index (χ1n) is 9.14. The van der Waals surface area contributed by atoms with Crippen LogP contribution in [-0.2, 0) is 32.5 Å². The van der Waals surface area contributed by atoms with Crippen LogP contribution in [0.5, 0.6) is 0 Å². The van der Waals surface area contributed by atoms with Crippen LogP contribution in [-0.4, -0.2) is 54.1 Å². The lowest BCUT2D eigenvalue weighted by Crippen LogP contribution is -2.48. The lowest BCUT2D eigenvalue weighted by Gasteiger charge is -2.34. The highest BCUT2D eigenvalue weighted by Crippen LogP contribution is 2.28. The molecule has 9 nitrogen and oxygen atoms in total. The van der Waals surface area contributed by atoms with Crippen LogP contribution >= 0.6 is 11.6 Å². The van der Waals surface area contributed by atoms with E-state index in [9.17, 15) is 13.2 Å². The van der Waals surface area contributed by atoms with E-state index in [0.717, 1.165) is 0 Å². The summed E-state index contributed by atoms with van der Waals surface area (Å²) in [5.41, 5.74) is 0.0533. The number of halogens is 1. The minimum Gasteiger partial charge on any atom is -0.452 e. The molecule has 1 aliphatic rings. The molecule has 11 heteroatoms. The lowest BCUT2D eigenvalue weighted by atomic mass is 10.2. The van der Waals surface area contributed by atoms with Crippen LogP contribution in [0, 0.1) is 0 Å². The first-order chi connectivity index (χ1) is 13.7. The van der Waals surface area contributed by atoms with Crippen molar-refractivity contribution < 1.29 is 27.2 Å². The number of hydrogen-bond acceptors (Lipinski definition) is 8. The zero-order valence-corrected chi connectivity index (χ0v) is 17.9. The molecule has 1 saturated heterocycles. The molecule has 0 saturated carbocycles. The topological polar surface area (TPSA) is 112 Å². The third-order valence-corrected chi connectivity index (χ3v) is 6.64. The number of aromatic nitrogens is 2. The van der Waals surface area contributed by atoms with E-state index < -0.39 is 16.0 Å². The van der Waals surface area contributed by atoms with Gasteiger partial charge in [-0.25, -0.2) is 13.2 Å². The van der Waals surface area contributed by atoms with E-state index in [1.54, 1.807) is 13.8 Å². The summed E-state index contributed by atoms with van der Waals surface area (Å²) >= 11 is 6.15. The summed E-state index contributed by atoms with van der Waals surface area (Å²) in [6.45, 7) is 5.66. The van der Waals surface area contributed by atoms with E-state index in [-0.39, 0.29) is 53.3 Å². The van der Waals surface area contributed by atoms with Crippen molar-refractivity contribution in [3.8, 4) is 0 Å². The summed E-state index contributed by atoms with van der Waals surface area (Å²) in [6, 6.07) is 3.98. The fourth-order valence-electron chi connectivity index (χ4n) is 3.00. The highest BCUT2D eigenvalue weighted by atomic mass is 35.5. The van der Waals surface area contributed by atoms with Crippen LogP contribution in [0.1, 0.15) is 42.8 Å². The SMILES string of the molecule is CCc1noc(COC(=O)c2ccc(Cl)c(S(=O)(=O)N3CC(C)OC(C)C3)c2)n1. The molecule has 2 heterocycles. The number of carbonyl (C=O) groups is 1. The number of benzene rings is 1. The van der Waals surface area contributed by atoms with Crippen molar-refractivity contribution in [1.29, 1.82) is 0 Å². The van der Waals surface area contributed by atoms with Crippen LogP contribution < -0.4 is 0 Å². The van der Waals surface area contributed by atoms with Gasteiger partial charge < -0.3 is 14.0 Å². The minimum absolute atomic E-state index is 0.0258. The Hall–Kier alpha value is -2.01. The van der Waals surface area contributed by atoms with Gasteiger partial charge in [0.1, 0.15) is 4.90 Å². The molecule has 158 valence electrons. The second kappa shape index (κ2) is 8.78. The van der Waals surface area contributed by atoms with Crippen LogP contribution in [0.25, 0.3) is 0 Å². The largest absolute Gasteiger partial charge is 0.452 e. The monoisotopic (exact) mass is 443 g/mol. The summed E-state index contributed by atoms with van der Waals surface area (Å²) in [5, 5.41) is 3.74. The molecule has 0 spiro atoms. The molecule has 3 rings (SSSR count). The molecule has 2 unspecified atom stereocenters. The molecular formula is C18H22ClN3O6S. The average molecular weight is 444 g/mol. The first kappa shape index (κ1) is 21.7. The number of ether oxygens (including phenoxy) is 2. The maximum absolute atomic E-state index is 13.1. The Morgan fingerprint density at radius 3 is 2.62 bits per heavy atom. The normalized spacial score (nSPS) is 20.6. The molecule has 1 aliphatic heterocycles. The van der Waals surface area contributed by atoms with E-state index in [0.29, 0.717) is 12.2 Å². The minimum atomic E-state index is -3.91. The van der Waals surface area contributed by atoms with E-state index in [4.69, 9.17) is 25.6 Å². The molecule has 1 aromatic carbocycles. The number of esters is 1. The molecule has 1 fully saturated rings. The van der Waals surface area contributed by atoms with Crippen LogP contribution in [0.4, 0.5) is 0 Å². The number of rotatable bonds is 6. The van der Waals surface area contributed by atoms with E-state index in [1.165, 1.54) is 22.5 Å². The summed E-state index contributed by atoms with van der Waals surface area (Å²) in [4.78, 5) is 16.3. The van der Waals surface area contributed by atoms with Gasteiger partial charge in [-0.05, 0) is 32.0 Å². The van der Waals surface area contributed by atoms with Gasteiger partial charge in [-0.1, -0.05) is 23.7 Å². The highest BCUT2D eigenvalue weighted by Gasteiger charge is 2.34. The summed E-state index contributed by atoms with van der Waals surface area (Å²) in [5.74, 6) is -0.0590. The quantitative estimate of drug-likeness (QED) is 0.625.